The van der Waals surface area contributed by atoms with Crippen molar-refractivity contribution >= 4 is 17.0 Å². The van der Waals surface area contributed by atoms with Crippen molar-refractivity contribution in [2.45, 2.75) is 31.6 Å². The number of alkyl halides is 3. The zero-order valence-electron chi connectivity index (χ0n) is 15.9. The van der Waals surface area contributed by atoms with Crippen LogP contribution >= 0.6 is 11.3 Å². The van der Waals surface area contributed by atoms with Crippen LogP contribution in [-0.4, -0.2) is 55.1 Å². The molecule has 4 rings (SSSR count). The van der Waals surface area contributed by atoms with Gasteiger partial charge >= 0.3 is 6.18 Å². The van der Waals surface area contributed by atoms with Crippen molar-refractivity contribution in [2.75, 3.05) is 44.2 Å². The van der Waals surface area contributed by atoms with Crippen LogP contribution in [0.1, 0.15) is 23.3 Å². The van der Waals surface area contributed by atoms with Gasteiger partial charge in [-0.15, -0.1) is 11.3 Å². The van der Waals surface area contributed by atoms with Gasteiger partial charge in [0.2, 0.25) is 0 Å². The van der Waals surface area contributed by atoms with E-state index in [1.54, 1.807) is 6.07 Å². The number of halogens is 3. The predicted molar refractivity (Wildman–Crippen MR) is 108 cm³/mol. The third-order valence-electron chi connectivity index (χ3n) is 5.81. The molecule has 0 N–H and O–H groups in total. The summed E-state index contributed by atoms with van der Waals surface area (Å²) in [7, 11) is 0. The van der Waals surface area contributed by atoms with Crippen LogP contribution in [-0.2, 0) is 12.7 Å². The van der Waals surface area contributed by atoms with Gasteiger partial charge in [0.1, 0.15) is 0 Å². The third kappa shape index (κ3) is 4.70. The molecule has 0 radical (unpaired) electrons. The Labute approximate surface area is 168 Å². The van der Waals surface area contributed by atoms with Crippen LogP contribution in [0, 0.1) is 0 Å². The van der Waals surface area contributed by atoms with Crippen LogP contribution in [0.3, 0.4) is 0 Å². The number of piperazine rings is 1. The number of thiophene rings is 1. The van der Waals surface area contributed by atoms with Crippen LogP contribution in [0.5, 0.6) is 0 Å². The fourth-order valence-corrected chi connectivity index (χ4v) is 5.07. The molecule has 1 atom stereocenters. The number of piperidine rings is 1. The Kier molecular flexibility index (Phi) is 5.94. The van der Waals surface area contributed by atoms with Crippen molar-refractivity contribution in [1.82, 2.24) is 9.80 Å². The highest BCUT2D eigenvalue weighted by atomic mass is 32.1. The summed E-state index contributed by atoms with van der Waals surface area (Å²) >= 11 is 1.81. The van der Waals surface area contributed by atoms with Crippen LogP contribution < -0.4 is 4.90 Å². The Morgan fingerprint density at radius 1 is 1.00 bits per heavy atom. The summed E-state index contributed by atoms with van der Waals surface area (Å²) in [5.41, 5.74) is 0.112. The van der Waals surface area contributed by atoms with Gasteiger partial charge in [-0.25, -0.2) is 0 Å². The van der Waals surface area contributed by atoms with Gasteiger partial charge in [0.25, 0.3) is 0 Å². The second-order valence-corrected chi connectivity index (χ2v) is 8.71. The van der Waals surface area contributed by atoms with E-state index in [1.165, 1.54) is 29.9 Å². The Bertz CT molecular complexity index is 755. The van der Waals surface area contributed by atoms with E-state index < -0.39 is 11.7 Å². The van der Waals surface area contributed by atoms with Crippen molar-refractivity contribution in [3.63, 3.8) is 0 Å². The zero-order valence-corrected chi connectivity index (χ0v) is 16.7. The average Bonchev–Trinajstić information content (AvgIpc) is 3.21. The van der Waals surface area contributed by atoms with Gasteiger partial charge in [0.05, 0.1) is 5.56 Å². The van der Waals surface area contributed by atoms with Crippen LogP contribution in [0.2, 0.25) is 0 Å². The molecule has 3 nitrogen and oxygen atoms in total. The molecule has 0 amide bonds. The van der Waals surface area contributed by atoms with E-state index in [0.29, 0.717) is 11.7 Å². The highest BCUT2D eigenvalue weighted by Crippen LogP contribution is 2.32. The lowest BCUT2D eigenvalue weighted by molar-refractivity contribution is -0.137. The zero-order chi connectivity index (χ0) is 19.6. The van der Waals surface area contributed by atoms with E-state index in [-0.39, 0.29) is 0 Å². The van der Waals surface area contributed by atoms with Gasteiger partial charge in [-0.1, -0.05) is 12.1 Å². The van der Waals surface area contributed by atoms with Crippen molar-refractivity contribution in [3.05, 3.63) is 52.2 Å². The first-order valence-electron chi connectivity index (χ1n) is 9.90. The summed E-state index contributed by atoms with van der Waals surface area (Å²) in [6.45, 7) is 6.64. The first kappa shape index (κ1) is 19.7. The smallest absolute Gasteiger partial charge is 0.369 e. The van der Waals surface area contributed by atoms with Crippen molar-refractivity contribution in [2.24, 2.45) is 0 Å². The lowest BCUT2D eigenvalue weighted by Crippen LogP contribution is -2.55. The second-order valence-electron chi connectivity index (χ2n) is 7.68. The highest BCUT2D eigenvalue weighted by molar-refractivity contribution is 7.09. The van der Waals surface area contributed by atoms with Crippen LogP contribution in [0.15, 0.2) is 41.8 Å². The van der Waals surface area contributed by atoms with Gasteiger partial charge in [0.15, 0.2) is 0 Å². The standard InChI is InChI=1S/C21H26F3N3S/c22-21(23,24)17-4-1-5-18(14-17)26-9-11-27(12-10-26)19-6-2-8-25(15-19)16-20-7-3-13-28-20/h1,3-5,7,13-14,19H,2,6,8-12,15-16H2/t19-/m0/s1. The number of likely N-dealkylation sites (tertiary alicyclic amines) is 1. The molecular formula is C21H26F3N3S. The number of rotatable bonds is 4. The molecule has 1 aromatic heterocycles. The minimum Gasteiger partial charge on any atom is -0.369 e. The fraction of sp³-hybridized carbons (Fsp3) is 0.524. The monoisotopic (exact) mass is 409 g/mol. The van der Waals surface area contributed by atoms with E-state index >= 15 is 0 Å². The molecule has 2 fully saturated rings. The molecule has 2 aliphatic rings. The summed E-state index contributed by atoms with van der Waals surface area (Å²) < 4.78 is 38.9. The van der Waals surface area contributed by atoms with Gasteiger partial charge < -0.3 is 4.90 Å². The number of benzene rings is 1. The lowest BCUT2D eigenvalue weighted by atomic mass is 10.0. The molecule has 7 heteroatoms. The Morgan fingerprint density at radius 2 is 1.82 bits per heavy atom. The van der Waals surface area contributed by atoms with Crippen molar-refractivity contribution < 1.29 is 13.2 Å². The summed E-state index contributed by atoms with van der Waals surface area (Å²) in [5, 5.41) is 2.13. The number of nitrogens with zero attached hydrogens (tertiary/aromatic N) is 3. The largest absolute Gasteiger partial charge is 0.416 e. The van der Waals surface area contributed by atoms with Crippen molar-refractivity contribution in [3.8, 4) is 0 Å². The van der Waals surface area contributed by atoms with E-state index in [0.717, 1.165) is 51.9 Å². The van der Waals surface area contributed by atoms with Gasteiger partial charge in [-0.2, -0.15) is 13.2 Å². The molecule has 2 saturated heterocycles. The first-order chi connectivity index (χ1) is 13.5. The maximum atomic E-state index is 13.0. The molecular weight excluding hydrogens is 383 g/mol. The molecule has 0 spiro atoms. The summed E-state index contributed by atoms with van der Waals surface area (Å²) in [4.78, 5) is 8.57. The van der Waals surface area contributed by atoms with Crippen molar-refractivity contribution in [1.29, 1.82) is 0 Å². The van der Waals surface area contributed by atoms with Gasteiger partial charge in [-0.3, -0.25) is 9.80 Å². The Balaban J connectivity index is 1.32. The van der Waals surface area contributed by atoms with Gasteiger partial charge in [-0.05, 0) is 49.0 Å². The van der Waals surface area contributed by atoms with Crippen LogP contribution in [0.25, 0.3) is 0 Å². The SMILES string of the molecule is FC(F)(F)c1cccc(N2CCN([C@H]3CCCN(Cc4cccs4)C3)CC2)c1. The maximum Gasteiger partial charge on any atom is 0.416 e. The number of hydrogen-bond acceptors (Lipinski definition) is 4. The van der Waals surface area contributed by atoms with Gasteiger partial charge in [0, 0.05) is 55.9 Å². The summed E-state index contributed by atoms with van der Waals surface area (Å²) in [5.74, 6) is 0. The minimum atomic E-state index is -4.29. The predicted octanol–water partition coefficient (Wildman–Crippen LogP) is 4.55. The molecule has 2 aromatic rings. The topological polar surface area (TPSA) is 9.72 Å². The molecule has 28 heavy (non-hydrogen) atoms. The second kappa shape index (κ2) is 8.43. The van der Waals surface area contributed by atoms with E-state index in [9.17, 15) is 13.2 Å². The first-order valence-corrected chi connectivity index (χ1v) is 10.8. The lowest BCUT2D eigenvalue weighted by Gasteiger charge is -2.44. The molecule has 152 valence electrons. The third-order valence-corrected chi connectivity index (χ3v) is 6.67. The number of hydrogen-bond donors (Lipinski definition) is 0. The number of anilines is 1. The molecule has 1 aromatic carbocycles. The molecule has 0 saturated carbocycles. The van der Waals surface area contributed by atoms with Crippen LogP contribution in [0.4, 0.5) is 18.9 Å². The van der Waals surface area contributed by atoms with E-state index in [4.69, 9.17) is 0 Å². The molecule has 3 heterocycles. The summed E-state index contributed by atoms with van der Waals surface area (Å²) in [6.07, 6.45) is -1.86. The normalized spacial score (nSPS) is 22.5. The molecule has 0 unspecified atom stereocenters. The molecule has 0 bridgehead atoms. The minimum absolute atomic E-state index is 0.553. The average molecular weight is 410 g/mol. The highest BCUT2D eigenvalue weighted by Gasteiger charge is 2.32. The molecule has 2 aliphatic heterocycles. The Hall–Kier alpha value is -1.57. The van der Waals surface area contributed by atoms with E-state index in [1.807, 2.05) is 11.3 Å². The quantitative estimate of drug-likeness (QED) is 0.733. The maximum absolute atomic E-state index is 13.0. The summed E-state index contributed by atoms with van der Waals surface area (Å²) in [6, 6.07) is 10.6. The Morgan fingerprint density at radius 3 is 2.54 bits per heavy atom. The fourth-order valence-electron chi connectivity index (χ4n) is 4.32. The van der Waals surface area contributed by atoms with E-state index in [2.05, 4.69) is 32.2 Å². The molecule has 0 aliphatic carbocycles.